The first-order valence-electron chi connectivity index (χ1n) is 18.0. The number of aliphatic hydroxyl groups excluding tert-OH is 1. The maximum absolute atomic E-state index is 12.4. The molecule has 0 aromatic carbocycles. The van der Waals surface area contributed by atoms with Gasteiger partial charge in [-0.3, -0.25) is 9.35 Å². The van der Waals surface area contributed by atoms with Crippen LogP contribution in [-0.4, -0.2) is 41.9 Å². The summed E-state index contributed by atoms with van der Waals surface area (Å²) < 4.78 is 32.3. The number of allylic oxidation sites excluding steroid dienone is 9. The van der Waals surface area contributed by atoms with Gasteiger partial charge in [-0.05, 0) is 57.8 Å². The Morgan fingerprint density at radius 1 is 0.622 bits per heavy atom. The molecule has 0 saturated carbocycles. The standard InChI is InChI=1S/C38H67NO5S/c1-3-5-7-9-11-13-15-17-18-19-20-22-24-26-28-30-32-34-38(41)39-36(35-45(42,43)44)37(40)33-31-29-27-25-23-21-16-14-12-10-8-6-4-2/h5,7,11,13,17-18,20,22,31,33,36-37,40H,3-4,6,8-10,12,14-16,19,21,23-30,32,34-35H2,1-2H3,(H,39,41)(H,42,43,44)/b7-5-,13-11-,18-17-,22-20-,33-31+. The summed E-state index contributed by atoms with van der Waals surface area (Å²) in [7, 11) is -4.35. The molecule has 0 aromatic rings. The summed E-state index contributed by atoms with van der Waals surface area (Å²) in [5.41, 5.74) is 0. The van der Waals surface area contributed by atoms with Gasteiger partial charge >= 0.3 is 0 Å². The van der Waals surface area contributed by atoms with E-state index in [4.69, 9.17) is 0 Å². The number of amides is 1. The normalized spacial score (nSPS) is 14.1. The Labute approximate surface area is 277 Å². The molecule has 7 heteroatoms. The quantitative estimate of drug-likeness (QED) is 0.0394. The molecule has 2 atom stereocenters. The predicted octanol–water partition coefficient (Wildman–Crippen LogP) is 10.1. The molecule has 0 radical (unpaired) electrons. The zero-order chi connectivity index (χ0) is 33.3. The van der Waals surface area contributed by atoms with Crippen LogP contribution in [-0.2, 0) is 14.9 Å². The molecule has 0 rings (SSSR count). The number of nitrogens with one attached hydrogen (secondary N) is 1. The van der Waals surface area contributed by atoms with Gasteiger partial charge in [-0.1, -0.05) is 152 Å². The van der Waals surface area contributed by atoms with E-state index in [1.165, 1.54) is 57.8 Å². The Balaban J connectivity index is 4.07. The third-order valence-corrected chi connectivity index (χ3v) is 8.48. The summed E-state index contributed by atoms with van der Waals surface area (Å²) in [5, 5.41) is 13.1. The van der Waals surface area contributed by atoms with Crippen LogP contribution in [0.5, 0.6) is 0 Å². The van der Waals surface area contributed by atoms with E-state index in [0.29, 0.717) is 6.42 Å². The maximum atomic E-state index is 12.4. The summed E-state index contributed by atoms with van der Waals surface area (Å²) in [6.07, 6.45) is 43.4. The molecular weight excluding hydrogens is 582 g/mol. The molecule has 2 unspecified atom stereocenters. The van der Waals surface area contributed by atoms with Gasteiger partial charge < -0.3 is 10.4 Å². The Morgan fingerprint density at radius 2 is 1.07 bits per heavy atom. The number of hydrogen-bond donors (Lipinski definition) is 3. The highest BCUT2D eigenvalue weighted by Gasteiger charge is 2.24. The van der Waals surface area contributed by atoms with Crippen molar-refractivity contribution in [1.82, 2.24) is 5.32 Å². The van der Waals surface area contributed by atoms with E-state index >= 15 is 0 Å². The fourth-order valence-corrected chi connectivity index (χ4v) is 5.76. The van der Waals surface area contributed by atoms with Crippen LogP contribution < -0.4 is 5.32 Å². The maximum Gasteiger partial charge on any atom is 0.267 e. The van der Waals surface area contributed by atoms with Crippen LogP contribution in [0.15, 0.2) is 60.8 Å². The second-order valence-electron chi connectivity index (χ2n) is 12.1. The molecular formula is C38H67NO5S. The van der Waals surface area contributed by atoms with Crippen LogP contribution in [0, 0.1) is 0 Å². The van der Waals surface area contributed by atoms with Gasteiger partial charge in [0.15, 0.2) is 0 Å². The summed E-state index contributed by atoms with van der Waals surface area (Å²) in [4.78, 5) is 12.4. The largest absolute Gasteiger partial charge is 0.387 e. The predicted molar refractivity (Wildman–Crippen MR) is 193 cm³/mol. The van der Waals surface area contributed by atoms with E-state index in [1.807, 2.05) is 6.08 Å². The molecule has 0 aliphatic rings. The van der Waals surface area contributed by atoms with Gasteiger partial charge in [0.2, 0.25) is 5.91 Å². The molecule has 0 heterocycles. The van der Waals surface area contributed by atoms with Gasteiger partial charge in [-0.2, -0.15) is 8.42 Å². The minimum atomic E-state index is -4.35. The van der Waals surface area contributed by atoms with Crippen LogP contribution >= 0.6 is 0 Å². The molecule has 260 valence electrons. The van der Waals surface area contributed by atoms with Crippen molar-refractivity contribution in [1.29, 1.82) is 0 Å². The van der Waals surface area contributed by atoms with Gasteiger partial charge in [0, 0.05) is 6.42 Å². The van der Waals surface area contributed by atoms with Gasteiger partial charge in [-0.15, -0.1) is 0 Å². The number of rotatable bonds is 31. The SMILES string of the molecule is CC/C=C\C/C=C\C/C=C\C/C=C\CCCCCCC(=O)NC(CS(=O)(=O)O)C(O)/C=C/CCCCCCCCCCCCC. The number of unbranched alkanes of at least 4 members (excludes halogenated alkanes) is 15. The molecule has 0 aliphatic heterocycles. The molecule has 0 fully saturated rings. The first-order chi connectivity index (χ1) is 21.8. The summed E-state index contributed by atoms with van der Waals surface area (Å²) in [6, 6.07) is -1.07. The Morgan fingerprint density at radius 3 is 1.58 bits per heavy atom. The first-order valence-corrected chi connectivity index (χ1v) is 19.6. The molecule has 0 aromatic heterocycles. The lowest BCUT2D eigenvalue weighted by molar-refractivity contribution is -0.122. The van der Waals surface area contributed by atoms with Crippen molar-refractivity contribution in [2.45, 2.75) is 167 Å². The number of carbonyl (C=O) groups is 1. The second kappa shape index (κ2) is 32.0. The van der Waals surface area contributed by atoms with Gasteiger partial charge in [-0.25, -0.2) is 0 Å². The van der Waals surface area contributed by atoms with Crippen molar-refractivity contribution in [3.8, 4) is 0 Å². The second-order valence-corrected chi connectivity index (χ2v) is 13.6. The van der Waals surface area contributed by atoms with Crippen LogP contribution in [0.1, 0.15) is 155 Å². The molecule has 0 spiro atoms. The minimum Gasteiger partial charge on any atom is -0.387 e. The fourth-order valence-electron chi connectivity index (χ4n) is 5.03. The molecule has 0 aliphatic carbocycles. The molecule has 6 nitrogen and oxygen atoms in total. The average molecular weight is 650 g/mol. The lowest BCUT2D eigenvalue weighted by Gasteiger charge is -2.21. The van der Waals surface area contributed by atoms with Gasteiger partial charge in [0.05, 0.1) is 17.9 Å². The van der Waals surface area contributed by atoms with Crippen LogP contribution in [0.25, 0.3) is 0 Å². The lowest BCUT2D eigenvalue weighted by Crippen LogP contribution is -2.46. The van der Waals surface area contributed by atoms with Crippen LogP contribution in [0.2, 0.25) is 0 Å². The highest BCUT2D eigenvalue weighted by Crippen LogP contribution is 2.13. The molecule has 3 N–H and O–H groups in total. The number of carbonyl (C=O) groups excluding carboxylic acids is 1. The van der Waals surface area contributed by atoms with E-state index in [9.17, 15) is 22.9 Å². The lowest BCUT2D eigenvalue weighted by atomic mass is 10.0. The number of aliphatic hydroxyl groups is 1. The van der Waals surface area contributed by atoms with Crippen LogP contribution in [0.3, 0.4) is 0 Å². The van der Waals surface area contributed by atoms with Gasteiger partial charge in [0.25, 0.3) is 10.1 Å². The monoisotopic (exact) mass is 649 g/mol. The third-order valence-electron chi connectivity index (χ3n) is 7.70. The van der Waals surface area contributed by atoms with Crippen LogP contribution in [0.4, 0.5) is 0 Å². The van der Waals surface area contributed by atoms with Gasteiger partial charge in [0.1, 0.15) is 0 Å². The van der Waals surface area contributed by atoms with E-state index in [1.54, 1.807) is 6.08 Å². The minimum absolute atomic E-state index is 0.265. The van der Waals surface area contributed by atoms with Crippen molar-refractivity contribution in [2.24, 2.45) is 0 Å². The molecule has 0 bridgehead atoms. The zero-order valence-electron chi connectivity index (χ0n) is 28.7. The highest BCUT2D eigenvalue weighted by atomic mass is 32.2. The zero-order valence-corrected chi connectivity index (χ0v) is 29.5. The Kier molecular flexibility index (Phi) is 30.6. The van der Waals surface area contributed by atoms with Crippen molar-refractivity contribution in [2.75, 3.05) is 5.75 Å². The van der Waals surface area contributed by atoms with E-state index in [0.717, 1.165) is 70.6 Å². The van der Waals surface area contributed by atoms with Crippen molar-refractivity contribution in [3.05, 3.63) is 60.8 Å². The van der Waals surface area contributed by atoms with Crippen molar-refractivity contribution >= 4 is 16.0 Å². The fraction of sp³-hybridized carbons (Fsp3) is 0.711. The molecule has 45 heavy (non-hydrogen) atoms. The topological polar surface area (TPSA) is 104 Å². The van der Waals surface area contributed by atoms with E-state index in [2.05, 4.69) is 67.8 Å². The number of hydrogen-bond acceptors (Lipinski definition) is 4. The third kappa shape index (κ3) is 33.2. The smallest absolute Gasteiger partial charge is 0.267 e. The highest BCUT2D eigenvalue weighted by molar-refractivity contribution is 7.85. The van der Waals surface area contributed by atoms with Crippen molar-refractivity contribution < 1.29 is 22.9 Å². The van der Waals surface area contributed by atoms with E-state index in [-0.39, 0.29) is 12.3 Å². The summed E-state index contributed by atoms with van der Waals surface area (Å²) in [5.74, 6) is -1.02. The van der Waals surface area contributed by atoms with Crippen molar-refractivity contribution in [3.63, 3.8) is 0 Å². The summed E-state index contributed by atoms with van der Waals surface area (Å²) in [6.45, 7) is 4.38. The summed E-state index contributed by atoms with van der Waals surface area (Å²) >= 11 is 0. The Bertz CT molecular complexity index is 936. The van der Waals surface area contributed by atoms with E-state index < -0.39 is 28.0 Å². The average Bonchev–Trinajstić information content (AvgIpc) is 3.00. The molecule has 1 amide bonds. The molecule has 0 saturated heterocycles. The Hall–Kier alpha value is -1.96. The first kappa shape index (κ1) is 43.0.